The van der Waals surface area contributed by atoms with Gasteiger partial charge in [0.15, 0.2) is 11.5 Å². The van der Waals surface area contributed by atoms with Crippen molar-refractivity contribution in [3.05, 3.63) is 54.1 Å². The Labute approximate surface area is 183 Å². The molecule has 0 spiro atoms. The van der Waals surface area contributed by atoms with Crippen molar-refractivity contribution in [1.82, 2.24) is 9.88 Å². The highest BCUT2D eigenvalue weighted by atomic mass is 16.5. The summed E-state index contributed by atoms with van der Waals surface area (Å²) in [5.74, 6) is 2.16. The van der Waals surface area contributed by atoms with Crippen LogP contribution in [0.1, 0.15) is 5.56 Å². The van der Waals surface area contributed by atoms with Crippen LogP contribution >= 0.6 is 0 Å². The zero-order valence-electron chi connectivity index (χ0n) is 18.8. The van der Waals surface area contributed by atoms with Crippen molar-refractivity contribution >= 4 is 28.3 Å². The molecule has 1 N–H and O–H groups in total. The maximum Gasteiger partial charge on any atom is 0.238 e. The second-order valence-corrected chi connectivity index (χ2v) is 7.66. The van der Waals surface area contributed by atoms with Gasteiger partial charge in [0, 0.05) is 32.1 Å². The number of rotatable bonds is 9. The van der Waals surface area contributed by atoms with E-state index in [2.05, 4.69) is 10.3 Å². The van der Waals surface area contributed by atoms with Gasteiger partial charge in [0.25, 0.3) is 0 Å². The van der Waals surface area contributed by atoms with Crippen molar-refractivity contribution in [3.63, 3.8) is 0 Å². The Balaban J connectivity index is 1.63. The second kappa shape index (κ2) is 10.1. The van der Waals surface area contributed by atoms with Crippen LogP contribution in [-0.4, -0.2) is 64.2 Å². The summed E-state index contributed by atoms with van der Waals surface area (Å²) in [5.41, 5.74) is 2.75. The molecule has 0 radical (unpaired) electrons. The highest BCUT2D eigenvalue weighted by Crippen LogP contribution is 2.28. The molecule has 0 fully saturated rings. The highest BCUT2D eigenvalue weighted by molar-refractivity contribution is 6.02. The summed E-state index contributed by atoms with van der Waals surface area (Å²) in [5, 5.41) is 3.98. The fourth-order valence-electron chi connectivity index (χ4n) is 3.36. The quantitative estimate of drug-likeness (QED) is 0.570. The molecule has 1 aromatic heterocycles. The molecule has 7 heteroatoms. The van der Waals surface area contributed by atoms with Crippen molar-refractivity contribution in [2.45, 2.75) is 6.42 Å². The number of ether oxygens (including phenoxy) is 2. The first kappa shape index (κ1) is 22.4. The molecule has 0 unspecified atom stereocenters. The molecule has 0 bridgehead atoms. The topological polar surface area (TPSA) is 66.9 Å². The average Bonchev–Trinajstić information content (AvgIpc) is 2.77. The van der Waals surface area contributed by atoms with Gasteiger partial charge in [-0.1, -0.05) is 24.3 Å². The fraction of sp³-hybridized carbons (Fsp3) is 0.333. The van der Waals surface area contributed by atoms with Gasteiger partial charge in [0.2, 0.25) is 5.91 Å². The third-order valence-corrected chi connectivity index (χ3v) is 5.08. The summed E-state index contributed by atoms with van der Waals surface area (Å²) in [4.78, 5) is 21.3. The van der Waals surface area contributed by atoms with Gasteiger partial charge in [-0.05, 0) is 37.2 Å². The van der Waals surface area contributed by atoms with E-state index in [0.29, 0.717) is 18.0 Å². The number of amides is 1. The number of methoxy groups -OCH3 is 2. The summed E-state index contributed by atoms with van der Waals surface area (Å²) < 4.78 is 10.6. The van der Waals surface area contributed by atoms with E-state index < -0.39 is 0 Å². The number of fused-ring (bicyclic) bond motifs is 1. The third kappa shape index (κ3) is 5.64. The number of pyridine rings is 1. The van der Waals surface area contributed by atoms with Crippen LogP contribution < -0.4 is 19.7 Å². The first-order chi connectivity index (χ1) is 14.9. The van der Waals surface area contributed by atoms with E-state index in [1.54, 1.807) is 14.2 Å². The van der Waals surface area contributed by atoms with E-state index in [1.807, 2.05) is 79.5 Å². The number of carbonyl (C=O) groups is 1. The molecule has 0 aliphatic heterocycles. The van der Waals surface area contributed by atoms with Gasteiger partial charge in [-0.2, -0.15) is 0 Å². The van der Waals surface area contributed by atoms with Crippen LogP contribution in [-0.2, 0) is 11.2 Å². The van der Waals surface area contributed by atoms with Gasteiger partial charge in [0.1, 0.15) is 5.82 Å². The van der Waals surface area contributed by atoms with Crippen molar-refractivity contribution < 1.29 is 14.3 Å². The maximum atomic E-state index is 12.7. The summed E-state index contributed by atoms with van der Waals surface area (Å²) in [7, 11) is 9.06. The monoisotopic (exact) mass is 422 g/mol. The Morgan fingerprint density at radius 2 is 1.74 bits per heavy atom. The number of para-hydroxylation sites is 1. The molecule has 3 rings (SSSR count). The first-order valence-corrected chi connectivity index (χ1v) is 10.2. The van der Waals surface area contributed by atoms with Crippen LogP contribution in [0.3, 0.4) is 0 Å². The van der Waals surface area contributed by atoms with Crippen LogP contribution in [0.25, 0.3) is 10.9 Å². The number of benzene rings is 2. The van der Waals surface area contributed by atoms with Crippen molar-refractivity contribution in [1.29, 1.82) is 0 Å². The van der Waals surface area contributed by atoms with Gasteiger partial charge in [-0.25, -0.2) is 4.98 Å². The zero-order valence-corrected chi connectivity index (χ0v) is 18.8. The van der Waals surface area contributed by atoms with E-state index in [4.69, 9.17) is 9.47 Å². The molecule has 0 saturated carbocycles. The number of hydrogen-bond donors (Lipinski definition) is 1. The predicted octanol–water partition coefficient (Wildman–Crippen LogP) is 3.43. The predicted molar refractivity (Wildman–Crippen MR) is 125 cm³/mol. The minimum absolute atomic E-state index is 0.0594. The lowest BCUT2D eigenvalue weighted by atomic mass is 10.1. The van der Waals surface area contributed by atoms with E-state index in [9.17, 15) is 4.79 Å². The number of carbonyl (C=O) groups excluding carboxylic acids is 1. The first-order valence-electron chi connectivity index (χ1n) is 10.2. The molecule has 1 amide bonds. The Bertz CT molecular complexity index is 1050. The second-order valence-electron chi connectivity index (χ2n) is 7.66. The molecule has 1 heterocycles. The van der Waals surface area contributed by atoms with Gasteiger partial charge in [-0.3, -0.25) is 9.69 Å². The molecule has 3 aromatic rings. The Kier molecular flexibility index (Phi) is 7.31. The van der Waals surface area contributed by atoms with Gasteiger partial charge in [-0.15, -0.1) is 0 Å². The average molecular weight is 423 g/mol. The van der Waals surface area contributed by atoms with Gasteiger partial charge < -0.3 is 19.7 Å². The highest BCUT2D eigenvalue weighted by Gasteiger charge is 2.12. The summed E-state index contributed by atoms with van der Waals surface area (Å²) >= 11 is 0. The number of nitrogens with one attached hydrogen (secondary N) is 1. The van der Waals surface area contributed by atoms with Crippen LogP contribution in [0.15, 0.2) is 48.5 Å². The van der Waals surface area contributed by atoms with Gasteiger partial charge in [0.05, 0.1) is 32.0 Å². The number of nitrogens with zero attached hydrogens (tertiary/aromatic N) is 3. The van der Waals surface area contributed by atoms with Crippen LogP contribution in [0.5, 0.6) is 11.5 Å². The molecule has 0 atom stereocenters. The summed E-state index contributed by atoms with van der Waals surface area (Å²) in [6, 6.07) is 15.6. The fourth-order valence-corrected chi connectivity index (χ4v) is 3.36. The number of aromatic nitrogens is 1. The van der Waals surface area contributed by atoms with E-state index in [1.165, 1.54) is 0 Å². The molecular weight excluding hydrogens is 392 g/mol. The minimum atomic E-state index is -0.0594. The zero-order chi connectivity index (χ0) is 22.4. The number of likely N-dealkylation sites (N-methyl/N-ethyl adjacent to an activating group) is 1. The summed E-state index contributed by atoms with van der Waals surface area (Å²) in [6.07, 6.45) is 0.799. The Morgan fingerprint density at radius 1 is 1.00 bits per heavy atom. The van der Waals surface area contributed by atoms with Crippen molar-refractivity contribution in [3.8, 4) is 11.5 Å². The summed E-state index contributed by atoms with van der Waals surface area (Å²) in [6.45, 7) is 1.03. The molecule has 2 aromatic carbocycles. The molecule has 31 heavy (non-hydrogen) atoms. The Hall–Kier alpha value is -3.32. The Morgan fingerprint density at radius 3 is 2.45 bits per heavy atom. The molecular formula is C24H30N4O3. The van der Waals surface area contributed by atoms with Crippen LogP contribution in [0.4, 0.5) is 11.5 Å². The SMILES string of the molecule is COc1ccc(CCN(C)CC(=O)Nc2cc(N(C)C)nc3ccccc23)cc1OC. The number of anilines is 2. The standard InChI is InChI=1S/C24H30N4O3/c1-27(2)23-15-20(18-8-6-7-9-19(18)25-23)26-24(29)16-28(3)13-12-17-10-11-21(30-4)22(14-17)31-5/h6-11,14-15H,12-13,16H2,1-5H3,(H,25,26,29). The van der Waals surface area contributed by atoms with E-state index in [0.717, 1.165) is 40.9 Å². The lowest BCUT2D eigenvalue weighted by Gasteiger charge is -2.19. The number of hydrogen-bond acceptors (Lipinski definition) is 6. The molecule has 0 aliphatic rings. The molecule has 7 nitrogen and oxygen atoms in total. The van der Waals surface area contributed by atoms with Gasteiger partial charge >= 0.3 is 0 Å². The third-order valence-electron chi connectivity index (χ3n) is 5.08. The lowest BCUT2D eigenvalue weighted by Crippen LogP contribution is -2.31. The normalized spacial score (nSPS) is 10.9. The van der Waals surface area contributed by atoms with E-state index >= 15 is 0 Å². The maximum absolute atomic E-state index is 12.7. The molecule has 164 valence electrons. The van der Waals surface area contributed by atoms with Crippen LogP contribution in [0, 0.1) is 0 Å². The van der Waals surface area contributed by atoms with Crippen molar-refractivity contribution in [2.24, 2.45) is 0 Å². The molecule has 0 saturated heterocycles. The molecule has 0 aliphatic carbocycles. The smallest absolute Gasteiger partial charge is 0.238 e. The van der Waals surface area contributed by atoms with Crippen molar-refractivity contribution in [2.75, 3.05) is 58.7 Å². The largest absolute Gasteiger partial charge is 0.493 e. The van der Waals surface area contributed by atoms with E-state index in [-0.39, 0.29) is 5.91 Å². The minimum Gasteiger partial charge on any atom is -0.493 e. The lowest BCUT2D eigenvalue weighted by molar-refractivity contribution is -0.117. The van der Waals surface area contributed by atoms with Crippen LogP contribution in [0.2, 0.25) is 0 Å².